The Morgan fingerprint density at radius 2 is 1.83 bits per heavy atom. The van der Waals surface area contributed by atoms with Crippen molar-refractivity contribution in [3.05, 3.63) is 42.0 Å². The van der Waals surface area contributed by atoms with Gasteiger partial charge in [-0.25, -0.2) is 4.79 Å². The van der Waals surface area contributed by atoms with Gasteiger partial charge in [-0.1, -0.05) is 18.2 Å². The number of aldehydes is 1. The van der Waals surface area contributed by atoms with Crippen molar-refractivity contribution in [2.75, 3.05) is 7.11 Å². The Bertz CT molecular complexity index is 734. The van der Waals surface area contributed by atoms with Crippen molar-refractivity contribution in [2.24, 2.45) is 0 Å². The lowest BCUT2D eigenvalue weighted by Gasteiger charge is -2.23. The molecule has 2 aromatic carbocycles. The number of ether oxygens (including phenoxy) is 2. The molecule has 0 saturated carbocycles. The van der Waals surface area contributed by atoms with E-state index in [1.54, 1.807) is 27.9 Å². The molecule has 0 bridgehead atoms. The molecule has 0 radical (unpaired) electrons. The molecule has 5 heteroatoms. The van der Waals surface area contributed by atoms with Crippen LogP contribution in [0.5, 0.6) is 5.75 Å². The highest BCUT2D eigenvalue weighted by Crippen LogP contribution is 2.25. The van der Waals surface area contributed by atoms with Gasteiger partial charge in [0.2, 0.25) is 0 Å². The second-order valence-corrected chi connectivity index (χ2v) is 6.57. The first-order valence-electron chi connectivity index (χ1n) is 7.83. The third kappa shape index (κ3) is 4.72. The van der Waals surface area contributed by atoms with Crippen molar-refractivity contribution in [1.29, 1.82) is 0 Å². The van der Waals surface area contributed by atoms with E-state index >= 15 is 0 Å². The highest BCUT2D eigenvalue weighted by Gasteiger charge is 2.20. The molecular weight excluding hydrogens is 306 g/mol. The van der Waals surface area contributed by atoms with Crippen LogP contribution in [-0.4, -0.2) is 25.1 Å². The Hall–Kier alpha value is -2.56. The molecule has 0 aliphatic rings. The van der Waals surface area contributed by atoms with E-state index < -0.39 is 17.7 Å². The summed E-state index contributed by atoms with van der Waals surface area (Å²) < 4.78 is 10.5. The molecule has 1 N–H and O–H groups in total. The fraction of sp³-hybridized carbons (Fsp3) is 0.368. The molecule has 1 atom stereocenters. The van der Waals surface area contributed by atoms with E-state index in [2.05, 4.69) is 5.32 Å². The van der Waals surface area contributed by atoms with E-state index in [4.69, 9.17) is 9.47 Å². The van der Waals surface area contributed by atoms with E-state index in [-0.39, 0.29) is 6.42 Å². The molecule has 0 spiro atoms. The molecule has 5 nitrogen and oxygen atoms in total. The number of rotatable bonds is 5. The van der Waals surface area contributed by atoms with E-state index in [1.807, 2.05) is 36.4 Å². The molecule has 0 heterocycles. The third-order valence-corrected chi connectivity index (χ3v) is 3.50. The quantitative estimate of drug-likeness (QED) is 0.842. The summed E-state index contributed by atoms with van der Waals surface area (Å²) >= 11 is 0. The van der Waals surface area contributed by atoms with Crippen LogP contribution in [0.2, 0.25) is 0 Å². The van der Waals surface area contributed by atoms with Crippen LogP contribution in [0.3, 0.4) is 0 Å². The van der Waals surface area contributed by atoms with Gasteiger partial charge in [-0.3, -0.25) is 0 Å². The topological polar surface area (TPSA) is 64.6 Å². The van der Waals surface area contributed by atoms with Crippen LogP contribution in [-0.2, 0) is 9.53 Å². The Morgan fingerprint density at radius 3 is 2.46 bits per heavy atom. The molecule has 128 valence electrons. The van der Waals surface area contributed by atoms with Crippen LogP contribution in [0.25, 0.3) is 10.8 Å². The van der Waals surface area contributed by atoms with E-state index in [1.165, 1.54) is 0 Å². The molecule has 24 heavy (non-hydrogen) atoms. The minimum Gasteiger partial charge on any atom is -0.497 e. The largest absolute Gasteiger partial charge is 0.497 e. The van der Waals surface area contributed by atoms with Gasteiger partial charge < -0.3 is 19.6 Å². The Balaban J connectivity index is 2.25. The normalized spacial score (nSPS) is 12.5. The average molecular weight is 329 g/mol. The van der Waals surface area contributed by atoms with Crippen LogP contribution < -0.4 is 10.1 Å². The number of carbonyl (C=O) groups excluding carboxylic acids is 2. The van der Waals surface area contributed by atoms with Gasteiger partial charge in [-0.2, -0.15) is 0 Å². The summed E-state index contributed by atoms with van der Waals surface area (Å²) in [6.07, 6.45) is 0.436. The molecule has 0 aliphatic carbocycles. The Labute approximate surface area is 141 Å². The molecule has 0 saturated heterocycles. The summed E-state index contributed by atoms with van der Waals surface area (Å²) in [4.78, 5) is 23.0. The second-order valence-electron chi connectivity index (χ2n) is 6.57. The third-order valence-electron chi connectivity index (χ3n) is 3.50. The van der Waals surface area contributed by atoms with Gasteiger partial charge in [0, 0.05) is 6.42 Å². The summed E-state index contributed by atoms with van der Waals surface area (Å²) in [7, 11) is 1.63. The number of hydrogen-bond acceptors (Lipinski definition) is 4. The first kappa shape index (κ1) is 17.8. The monoisotopic (exact) mass is 329 g/mol. The van der Waals surface area contributed by atoms with Crippen LogP contribution in [0.1, 0.15) is 38.8 Å². The maximum absolute atomic E-state index is 12.0. The maximum atomic E-state index is 12.0. The molecule has 2 rings (SSSR count). The van der Waals surface area contributed by atoms with Gasteiger partial charge in [0.1, 0.15) is 17.6 Å². The molecule has 0 aromatic heterocycles. The summed E-state index contributed by atoms with van der Waals surface area (Å²) in [5, 5.41) is 4.80. The van der Waals surface area contributed by atoms with Crippen molar-refractivity contribution < 1.29 is 19.1 Å². The SMILES string of the molecule is COc1ccc2cc([C@H](CC=O)NC(=O)OC(C)(C)C)ccc2c1. The molecule has 1 amide bonds. The molecule has 0 aliphatic heterocycles. The predicted octanol–water partition coefficient (Wildman–Crippen LogP) is 4.00. The van der Waals surface area contributed by atoms with E-state index in [0.29, 0.717) is 0 Å². The maximum Gasteiger partial charge on any atom is 0.408 e. The molecule has 0 unspecified atom stereocenters. The highest BCUT2D eigenvalue weighted by molar-refractivity contribution is 5.85. The van der Waals surface area contributed by atoms with Crippen molar-refractivity contribution >= 4 is 23.2 Å². The van der Waals surface area contributed by atoms with Gasteiger partial charge >= 0.3 is 6.09 Å². The van der Waals surface area contributed by atoms with E-state index in [0.717, 1.165) is 28.4 Å². The molecule has 0 fully saturated rings. The van der Waals surface area contributed by atoms with Gasteiger partial charge in [-0.15, -0.1) is 0 Å². The van der Waals surface area contributed by atoms with Crippen molar-refractivity contribution in [3.63, 3.8) is 0 Å². The Kier molecular flexibility index (Phi) is 5.44. The van der Waals surface area contributed by atoms with Crippen LogP contribution in [0, 0.1) is 0 Å². The summed E-state index contributed by atoms with van der Waals surface area (Å²) in [5.41, 5.74) is 0.265. The first-order valence-corrected chi connectivity index (χ1v) is 7.83. The lowest BCUT2D eigenvalue weighted by atomic mass is 10.00. The van der Waals surface area contributed by atoms with Gasteiger partial charge in [0.05, 0.1) is 13.2 Å². The molecule has 2 aromatic rings. The van der Waals surface area contributed by atoms with Crippen LogP contribution >= 0.6 is 0 Å². The zero-order chi connectivity index (χ0) is 17.7. The van der Waals surface area contributed by atoms with Crippen molar-refractivity contribution in [1.82, 2.24) is 5.32 Å². The van der Waals surface area contributed by atoms with Crippen LogP contribution in [0.15, 0.2) is 36.4 Å². The Morgan fingerprint density at radius 1 is 1.17 bits per heavy atom. The summed E-state index contributed by atoms with van der Waals surface area (Å²) in [6, 6.07) is 11.1. The lowest BCUT2D eigenvalue weighted by molar-refractivity contribution is -0.108. The number of hydrogen-bond donors (Lipinski definition) is 1. The number of amides is 1. The minimum atomic E-state index is -0.588. The fourth-order valence-electron chi connectivity index (χ4n) is 2.41. The highest BCUT2D eigenvalue weighted by atomic mass is 16.6. The standard InChI is InChI=1S/C19H23NO4/c1-19(2,3)24-18(22)20-17(9-10-21)15-6-5-14-12-16(23-4)8-7-13(14)11-15/h5-8,10-12,17H,9H2,1-4H3,(H,20,22)/t17-/m0/s1. The first-order chi connectivity index (χ1) is 11.3. The average Bonchev–Trinajstić information content (AvgIpc) is 2.51. The number of alkyl carbamates (subject to hydrolysis) is 1. The summed E-state index contributed by atoms with van der Waals surface area (Å²) in [5.74, 6) is 0.784. The number of carbonyl (C=O) groups is 2. The molecular formula is C19H23NO4. The number of nitrogens with one attached hydrogen (secondary N) is 1. The lowest BCUT2D eigenvalue weighted by Crippen LogP contribution is -2.35. The van der Waals surface area contributed by atoms with Gasteiger partial charge in [-0.05, 0) is 55.3 Å². The zero-order valence-corrected chi connectivity index (χ0v) is 14.5. The zero-order valence-electron chi connectivity index (χ0n) is 14.5. The van der Waals surface area contributed by atoms with Gasteiger partial charge in [0.25, 0.3) is 0 Å². The number of fused-ring (bicyclic) bond motifs is 1. The van der Waals surface area contributed by atoms with E-state index in [9.17, 15) is 9.59 Å². The summed E-state index contributed by atoms with van der Waals surface area (Å²) in [6.45, 7) is 5.39. The second kappa shape index (κ2) is 7.34. The van der Waals surface area contributed by atoms with Crippen molar-refractivity contribution in [3.8, 4) is 5.75 Å². The van der Waals surface area contributed by atoms with Crippen LogP contribution in [0.4, 0.5) is 4.79 Å². The van der Waals surface area contributed by atoms with Gasteiger partial charge in [0.15, 0.2) is 0 Å². The fourth-order valence-corrected chi connectivity index (χ4v) is 2.41. The number of methoxy groups -OCH3 is 1. The minimum absolute atomic E-state index is 0.181. The van der Waals surface area contributed by atoms with Crippen molar-refractivity contribution in [2.45, 2.75) is 38.8 Å². The predicted molar refractivity (Wildman–Crippen MR) is 93.3 cm³/mol. The number of benzene rings is 2. The smallest absolute Gasteiger partial charge is 0.408 e.